The van der Waals surface area contributed by atoms with E-state index in [1.165, 1.54) is 22.9 Å². The fourth-order valence-electron chi connectivity index (χ4n) is 4.30. The molecular formula is C24H27N5O. The maximum atomic E-state index is 5.96. The quantitative estimate of drug-likeness (QED) is 0.451. The van der Waals surface area contributed by atoms with Crippen LogP contribution in [0.4, 0.5) is 0 Å². The van der Waals surface area contributed by atoms with Crippen molar-refractivity contribution < 1.29 is 4.74 Å². The summed E-state index contributed by atoms with van der Waals surface area (Å²) in [6.07, 6.45) is 6.87. The molecule has 0 spiro atoms. The maximum Gasteiger partial charge on any atom is 0.123 e. The van der Waals surface area contributed by atoms with Gasteiger partial charge in [0.05, 0.1) is 13.2 Å². The van der Waals surface area contributed by atoms with E-state index in [1.807, 2.05) is 10.6 Å². The van der Waals surface area contributed by atoms with Crippen molar-refractivity contribution in [3.8, 4) is 5.69 Å². The molecule has 0 N–H and O–H groups in total. The van der Waals surface area contributed by atoms with E-state index in [2.05, 4.69) is 74.4 Å². The van der Waals surface area contributed by atoms with Crippen molar-refractivity contribution in [2.45, 2.75) is 19.6 Å². The number of fused-ring (bicyclic) bond motifs is 1. The Balaban J connectivity index is 1.12. The van der Waals surface area contributed by atoms with Crippen LogP contribution in [0, 0.1) is 5.92 Å². The molecule has 6 nitrogen and oxygen atoms in total. The summed E-state index contributed by atoms with van der Waals surface area (Å²) in [6.45, 7) is 5.94. The Morgan fingerprint density at radius 1 is 0.967 bits per heavy atom. The Hall–Kier alpha value is -2.96. The fourth-order valence-corrected chi connectivity index (χ4v) is 4.30. The molecule has 154 valence electrons. The summed E-state index contributed by atoms with van der Waals surface area (Å²) in [5.41, 5.74) is 3.61. The molecule has 0 bridgehead atoms. The van der Waals surface area contributed by atoms with Crippen molar-refractivity contribution >= 4 is 10.9 Å². The van der Waals surface area contributed by atoms with Gasteiger partial charge in [0.25, 0.3) is 0 Å². The van der Waals surface area contributed by atoms with E-state index in [0.29, 0.717) is 12.5 Å². The number of benzene rings is 2. The van der Waals surface area contributed by atoms with Gasteiger partial charge < -0.3 is 14.2 Å². The molecule has 2 aromatic carbocycles. The third-order valence-corrected chi connectivity index (χ3v) is 5.96. The van der Waals surface area contributed by atoms with Crippen LogP contribution in [0.3, 0.4) is 0 Å². The summed E-state index contributed by atoms with van der Waals surface area (Å²) < 4.78 is 10.2. The predicted octanol–water partition coefficient (Wildman–Crippen LogP) is 3.76. The highest BCUT2D eigenvalue weighted by Crippen LogP contribution is 2.21. The largest absolute Gasteiger partial charge is 0.376 e. The van der Waals surface area contributed by atoms with Crippen LogP contribution in [-0.4, -0.2) is 50.5 Å². The number of likely N-dealkylation sites (tertiary alicyclic amines) is 1. The van der Waals surface area contributed by atoms with Crippen LogP contribution < -0.4 is 0 Å². The van der Waals surface area contributed by atoms with Gasteiger partial charge in [-0.05, 0) is 48.7 Å². The average molecular weight is 402 g/mol. The van der Waals surface area contributed by atoms with Crippen molar-refractivity contribution in [2.75, 3.05) is 26.2 Å². The van der Waals surface area contributed by atoms with Gasteiger partial charge in [-0.1, -0.05) is 30.3 Å². The number of rotatable bonds is 8. The lowest BCUT2D eigenvalue weighted by Crippen LogP contribution is -2.25. The van der Waals surface area contributed by atoms with Gasteiger partial charge >= 0.3 is 0 Å². The van der Waals surface area contributed by atoms with Crippen molar-refractivity contribution in [3.63, 3.8) is 0 Å². The molecule has 1 saturated heterocycles. The average Bonchev–Trinajstić information content (AvgIpc) is 3.54. The Kier molecular flexibility index (Phi) is 5.59. The van der Waals surface area contributed by atoms with Crippen LogP contribution in [-0.2, 0) is 17.9 Å². The minimum Gasteiger partial charge on any atom is -0.376 e. The Morgan fingerprint density at radius 2 is 1.83 bits per heavy atom. The summed E-state index contributed by atoms with van der Waals surface area (Å²) in [6, 6.07) is 19.1. The minimum atomic E-state index is 0.640. The molecule has 3 heterocycles. The standard InChI is InChI=1S/C24H27N5O/c1-2-4-20(5-3-1)16-30-17-21-8-10-27(15-21)12-13-28-11-9-22-14-23(6-7-24(22)28)29-18-25-26-19-29/h1-7,9,11,14,18-19,21H,8,10,12-13,15-17H2/t21-/m1/s1. The molecule has 0 aliphatic carbocycles. The monoisotopic (exact) mass is 401 g/mol. The van der Waals surface area contributed by atoms with Crippen LogP contribution in [0.5, 0.6) is 0 Å². The van der Waals surface area contributed by atoms with E-state index in [9.17, 15) is 0 Å². The molecule has 1 aliphatic rings. The summed E-state index contributed by atoms with van der Waals surface area (Å²) >= 11 is 0. The Morgan fingerprint density at radius 3 is 2.70 bits per heavy atom. The molecule has 6 heteroatoms. The number of nitrogens with zero attached hydrogens (tertiary/aromatic N) is 5. The minimum absolute atomic E-state index is 0.640. The van der Waals surface area contributed by atoms with Crippen molar-refractivity contribution in [1.82, 2.24) is 24.2 Å². The molecule has 0 unspecified atom stereocenters. The molecular weight excluding hydrogens is 374 g/mol. The van der Waals surface area contributed by atoms with Gasteiger partial charge in [-0.15, -0.1) is 10.2 Å². The van der Waals surface area contributed by atoms with Crippen LogP contribution in [0.15, 0.2) is 73.4 Å². The van der Waals surface area contributed by atoms with Crippen molar-refractivity contribution in [3.05, 3.63) is 79.0 Å². The van der Waals surface area contributed by atoms with E-state index < -0.39 is 0 Å². The zero-order valence-electron chi connectivity index (χ0n) is 17.1. The maximum absolute atomic E-state index is 5.96. The molecule has 1 aliphatic heterocycles. The summed E-state index contributed by atoms with van der Waals surface area (Å²) in [5, 5.41) is 9.03. The molecule has 0 radical (unpaired) electrons. The van der Waals surface area contributed by atoms with Gasteiger partial charge in [0.1, 0.15) is 12.7 Å². The molecule has 2 aromatic heterocycles. The summed E-state index contributed by atoms with van der Waals surface area (Å²) in [5.74, 6) is 0.640. The Bertz CT molecular complexity index is 1070. The lowest BCUT2D eigenvalue weighted by molar-refractivity contribution is 0.0887. The first-order valence-corrected chi connectivity index (χ1v) is 10.6. The lowest BCUT2D eigenvalue weighted by Gasteiger charge is -2.17. The zero-order chi connectivity index (χ0) is 20.2. The molecule has 4 aromatic rings. The zero-order valence-corrected chi connectivity index (χ0v) is 17.1. The normalized spacial score (nSPS) is 17.1. The van der Waals surface area contributed by atoms with Gasteiger partial charge in [0, 0.05) is 42.4 Å². The van der Waals surface area contributed by atoms with E-state index in [4.69, 9.17) is 4.74 Å². The third-order valence-electron chi connectivity index (χ3n) is 5.96. The summed E-state index contributed by atoms with van der Waals surface area (Å²) in [4.78, 5) is 2.56. The Labute approximate surface area is 176 Å². The predicted molar refractivity (Wildman–Crippen MR) is 118 cm³/mol. The smallest absolute Gasteiger partial charge is 0.123 e. The number of hydrogen-bond acceptors (Lipinski definition) is 4. The van der Waals surface area contributed by atoms with Crippen LogP contribution >= 0.6 is 0 Å². The highest BCUT2D eigenvalue weighted by atomic mass is 16.5. The molecule has 0 amide bonds. The first-order valence-electron chi connectivity index (χ1n) is 10.6. The highest BCUT2D eigenvalue weighted by molar-refractivity contribution is 5.82. The molecule has 0 saturated carbocycles. The second-order valence-electron chi connectivity index (χ2n) is 8.08. The first kappa shape index (κ1) is 19.0. The van der Waals surface area contributed by atoms with Gasteiger partial charge in [0.2, 0.25) is 0 Å². The fraction of sp³-hybridized carbons (Fsp3) is 0.333. The van der Waals surface area contributed by atoms with Crippen LogP contribution in [0.25, 0.3) is 16.6 Å². The van der Waals surface area contributed by atoms with E-state index in [0.717, 1.165) is 38.5 Å². The topological polar surface area (TPSA) is 48.1 Å². The van der Waals surface area contributed by atoms with E-state index in [-0.39, 0.29) is 0 Å². The van der Waals surface area contributed by atoms with Gasteiger partial charge in [-0.3, -0.25) is 4.57 Å². The van der Waals surface area contributed by atoms with Gasteiger partial charge in [-0.25, -0.2) is 0 Å². The highest BCUT2D eigenvalue weighted by Gasteiger charge is 2.22. The van der Waals surface area contributed by atoms with E-state index >= 15 is 0 Å². The van der Waals surface area contributed by atoms with Crippen molar-refractivity contribution in [2.24, 2.45) is 5.92 Å². The molecule has 5 rings (SSSR count). The van der Waals surface area contributed by atoms with Gasteiger partial charge in [-0.2, -0.15) is 0 Å². The second-order valence-corrected chi connectivity index (χ2v) is 8.08. The van der Waals surface area contributed by atoms with E-state index in [1.54, 1.807) is 12.7 Å². The lowest BCUT2D eigenvalue weighted by atomic mass is 10.1. The number of ether oxygens (including phenoxy) is 1. The van der Waals surface area contributed by atoms with Crippen molar-refractivity contribution in [1.29, 1.82) is 0 Å². The molecule has 1 atom stereocenters. The summed E-state index contributed by atoms with van der Waals surface area (Å²) in [7, 11) is 0. The number of hydrogen-bond donors (Lipinski definition) is 0. The SMILES string of the molecule is c1ccc(COC[C@@H]2CCN(CCn3ccc4cc(-n5cnnc5)ccc43)C2)cc1. The number of aromatic nitrogens is 4. The molecule has 1 fully saturated rings. The van der Waals surface area contributed by atoms with Gasteiger partial charge in [0.15, 0.2) is 0 Å². The molecule has 30 heavy (non-hydrogen) atoms. The third kappa shape index (κ3) is 4.30. The second kappa shape index (κ2) is 8.81. The first-order chi connectivity index (χ1) is 14.8. The van der Waals surface area contributed by atoms with Crippen LogP contribution in [0.2, 0.25) is 0 Å². The van der Waals surface area contributed by atoms with Crippen LogP contribution in [0.1, 0.15) is 12.0 Å².